The van der Waals surface area contributed by atoms with E-state index in [4.69, 9.17) is 4.74 Å². The van der Waals surface area contributed by atoms with Gasteiger partial charge in [-0.2, -0.15) is 0 Å². The molecule has 2 unspecified atom stereocenters. The Labute approximate surface area is 119 Å². The number of carboxylic acid groups (broad SMARTS) is 1. The van der Waals surface area contributed by atoms with Crippen molar-refractivity contribution in [1.29, 1.82) is 0 Å². The van der Waals surface area contributed by atoms with Crippen molar-refractivity contribution in [1.82, 2.24) is 9.88 Å². The number of aliphatic carboxylic acids is 1. The zero-order valence-corrected chi connectivity index (χ0v) is 12.1. The molecule has 2 heterocycles. The van der Waals surface area contributed by atoms with Gasteiger partial charge in [-0.25, -0.2) is 0 Å². The Bertz CT molecular complexity index is 464. The van der Waals surface area contributed by atoms with Gasteiger partial charge >= 0.3 is 5.97 Å². The van der Waals surface area contributed by atoms with Crippen LogP contribution >= 0.6 is 0 Å². The van der Waals surface area contributed by atoms with Gasteiger partial charge in [0.1, 0.15) is 0 Å². The quantitative estimate of drug-likeness (QED) is 0.858. The Morgan fingerprint density at radius 1 is 1.50 bits per heavy atom. The summed E-state index contributed by atoms with van der Waals surface area (Å²) in [5.74, 6) is -1.20. The highest BCUT2D eigenvalue weighted by atomic mass is 16.5. The fourth-order valence-electron chi connectivity index (χ4n) is 2.73. The molecule has 0 saturated carbocycles. The largest absolute Gasteiger partial charge is 0.481 e. The van der Waals surface area contributed by atoms with Crippen LogP contribution in [0.25, 0.3) is 0 Å². The number of pyridine rings is 1. The fourth-order valence-corrected chi connectivity index (χ4v) is 2.73. The van der Waals surface area contributed by atoms with Crippen molar-refractivity contribution in [2.24, 2.45) is 5.92 Å². The van der Waals surface area contributed by atoms with Crippen LogP contribution in [0.15, 0.2) is 18.5 Å². The highest BCUT2D eigenvalue weighted by molar-refractivity contribution is 5.71. The van der Waals surface area contributed by atoms with E-state index in [1.165, 1.54) is 0 Å². The smallest absolute Gasteiger partial charge is 0.310 e. The molecule has 1 saturated heterocycles. The number of rotatable bonds is 6. The summed E-state index contributed by atoms with van der Waals surface area (Å²) in [6.07, 6.45) is 4.66. The predicted octanol–water partition coefficient (Wildman–Crippen LogP) is 1.70. The monoisotopic (exact) mass is 278 g/mol. The highest BCUT2D eigenvalue weighted by Gasteiger charge is 2.37. The third-order valence-corrected chi connectivity index (χ3v) is 3.66. The number of ether oxygens (including phenoxy) is 1. The molecule has 0 amide bonds. The Kier molecular flexibility index (Phi) is 5.09. The van der Waals surface area contributed by atoms with Crippen LogP contribution in [0, 0.1) is 12.8 Å². The first-order valence-corrected chi connectivity index (χ1v) is 7.07. The van der Waals surface area contributed by atoms with Crippen LogP contribution in [0.5, 0.6) is 0 Å². The van der Waals surface area contributed by atoms with E-state index in [9.17, 15) is 9.90 Å². The van der Waals surface area contributed by atoms with Crippen molar-refractivity contribution in [2.75, 3.05) is 19.8 Å². The van der Waals surface area contributed by atoms with Gasteiger partial charge in [-0.15, -0.1) is 0 Å². The second-order valence-corrected chi connectivity index (χ2v) is 5.39. The molecular formula is C15H22N2O3. The lowest BCUT2D eigenvalue weighted by Gasteiger charge is -2.30. The standard InChI is InChI=1S/C15H22N2O3/c1-3-4-17(8-12-5-11(2)6-16-7-12)14-10-20-9-13(14)15(18)19/h5-7,13-14H,3-4,8-10H2,1-2H3,(H,18,19). The van der Waals surface area contributed by atoms with Crippen LogP contribution in [-0.4, -0.2) is 46.8 Å². The fraction of sp³-hybridized carbons (Fsp3) is 0.600. The Morgan fingerprint density at radius 2 is 2.30 bits per heavy atom. The molecule has 20 heavy (non-hydrogen) atoms. The third-order valence-electron chi connectivity index (χ3n) is 3.66. The molecule has 0 aromatic carbocycles. The molecule has 1 N–H and O–H groups in total. The SMILES string of the molecule is CCCN(Cc1cncc(C)c1)C1COCC1C(=O)O. The summed E-state index contributed by atoms with van der Waals surface area (Å²) in [6.45, 7) is 6.51. The van der Waals surface area contributed by atoms with Crippen LogP contribution in [0.4, 0.5) is 0 Å². The summed E-state index contributed by atoms with van der Waals surface area (Å²) in [7, 11) is 0. The number of aryl methyl sites for hydroxylation is 1. The van der Waals surface area contributed by atoms with Crippen molar-refractivity contribution in [3.05, 3.63) is 29.6 Å². The number of carboxylic acids is 1. The number of aromatic nitrogens is 1. The Hall–Kier alpha value is -1.46. The molecule has 5 nitrogen and oxygen atoms in total. The van der Waals surface area contributed by atoms with Gasteiger partial charge in [0.25, 0.3) is 0 Å². The molecule has 5 heteroatoms. The van der Waals surface area contributed by atoms with E-state index in [1.54, 1.807) is 0 Å². The maximum atomic E-state index is 11.3. The first-order chi connectivity index (χ1) is 9.61. The molecule has 1 aromatic rings. The van der Waals surface area contributed by atoms with Crippen molar-refractivity contribution in [2.45, 2.75) is 32.9 Å². The summed E-state index contributed by atoms with van der Waals surface area (Å²) >= 11 is 0. The normalized spacial score (nSPS) is 22.4. The molecule has 0 radical (unpaired) electrons. The number of hydrogen-bond donors (Lipinski definition) is 1. The first kappa shape index (κ1) is 14.9. The second kappa shape index (κ2) is 6.81. The number of nitrogens with zero attached hydrogens (tertiary/aromatic N) is 2. The zero-order valence-electron chi connectivity index (χ0n) is 12.1. The summed E-state index contributed by atoms with van der Waals surface area (Å²) in [5, 5.41) is 9.29. The molecule has 0 aliphatic carbocycles. The third kappa shape index (κ3) is 3.55. The number of hydrogen-bond acceptors (Lipinski definition) is 4. The highest BCUT2D eigenvalue weighted by Crippen LogP contribution is 2.22. The van der Waals surface area contributed by atoms with Crippen molar-refractivity contribution in [3.63, 3.8) is 0 Å². The second-order valence-electron chi connectivity index (χ2n) is 5.39. The maximum Gasteiger partial charge on any atom is 0.310 e. The summed E-state index contributed by atoms with van der Waals surface area (Å²) in [6, 6.07) is 2.05. The molecule has 0 bridgehead atoms. The molecule has 1 aliphatic rings. The molecule has 2 atom stereocenters. The van der Waals surface area contributed by atoms with Crippen LogP contribution in [-0.2, 0) is 16.1 Å². The van der Waals surface area contributed by atoms with Gasteiger partial charge in [0.05, 0.1) is 19.1 Å². The van der Waals surface area contributed by atoms with Gasteiger partial charge in [-0.05, 0) is 31.0 Å². The van der Waals surface area contributed by atoms with E-state index >= 15 is 0 Å². The lowest BCUT2D eigenvalue weighted by atomic mass is 10.0. The van der Waals surface area contributed by atoms with E-state index in [0.717, 1.165) is 30.6 Å². The lowest BCUT2D eigenvalue weighted by molar-refractivity contribution is -0.143. The molecule has 2 rings (SSSR count). The van der Waals surface area contributed by atoms with Gasteiger partial charge in [-0.3, -0.25) is 14.7 Å². The molecule has 1 aliphatic heterocycles. The minimum absolute atomic E-state index is 0.0482. The maximum absolute atomic E-state index is 11.3. The summed E-state index contributed by atoms with van der Waals surface area (Å²) < 4.78 is 5.38. The molecular weight excluding hydrogens is 256 g/mol. The summed E-state index contributed by atoms with van der Waals surface area (Å²) in [4.78, 5) is 17.7. The van der Waals surface area contributed by atoms with Gasteiger partial charge in [0.2, 0.25) is 0 Å². The predicted molar refractivity (Wildman–Crippen MR) is 75.4 cm³/mol. The Balaban J connectivity index is 2.12. The molecule has 0 spiro atoms. The van der Waals surface area contributed by atoms with E-state index < -0.39 is 11.9 Å². The van der Waals surface area contributed by atoms with Gasteiger partial charge in [0.15, 0.2) is 0 Å². The zero-order chi connectivity index (χ0) is 14.5. The Morgan fingerprint density at radius 3 is 2.95 bits per heavy atom. The number of carbonyl (C=O) groups is 1. The average Bonchev–Trinajstić information content (AvgIpc) is 2.87. The molecule has 1 fully saturated rings. The van der Waals surface area contributed by atoms with E-state index in [2.05, 4.69) is 22.9 Å². The van der Waals surface area contributed by atoms with E-state index in [-0.39, 0.29) is 6.04 Å². The van der Waals surface area contributed by atoms with E-state index in [0.29, 0.717) is 13.2 Å². The first-order valence-electron chi connectivity index (χ1n) is 7.07. The minimum atomic E-state index is -0.768. The summed E-state index contributed by atoms with van der Waals surface area (Å²) in [5.41, 5.74) is 2.24. The van der Waals surface area contributed by atoms with Crippen molar-refractivity contribution in [3.8, 4) is 0 Å². The van der Waals surface area contributed by atoms with E-state index in [1.807, 2.05) is 19.3 Å². The molecule has 1 aromatic heterocycles. The van der Waals surface area contributed by atoms with Gasteiger partial charge in [0, 0.05) is 25.0 Å². The topological polar surface area (TPSA) is 62.7 Å². The van der Waals surface area contributed by atoms with Gasteiger partial charge in [-0.1, -0.05) is 13.0 Å². The van der Waals surface area contributed by atoms with Crippen LogP contribution in [0.3, 0.4) is 0 Å². The van der Waals surface area contributed by atoms with Crippen LogP contribution in [0.2, 0.25) is 0 Å². The van der Waals surface area contributed by atoms with Gasteiger partial charge < -0.3 is 9.84 Å². The minimum Gasteiger partial charge on any atom is -0.481 e. The van der Waals surface area contributed by atoms with Crippen molar-refractivity contribution < 1.29 is 14.6 Å². The lowest BCUT2D eigenvalue weighted by Crippen LogP contribution is -2.43. The van der Waals surface area contributed by atoms with Crippen LogP contribution in [0.1, 0.15) is 24.5 Å². The van der Waals surface area contributed by atoms with Crippen molar-refractivity contribution >= 4 is 5.97 Å². The van der Waals surface area contributed by atoms with Crippen LogP contribution < -0.4 is 0 Å². The molecule has 110 valence electrons. The average molecular weight is 278 g/mol.